The summed E-state index contributed by atoms with van der Waals surface area (Å²) in [5.74, 6) is 1.66. The summed E-state index contributed by atoms with van der Waals surface area (Å²) in [4.78, 5) is 0. The van der Waals surface area contributed by atoms with Gasteiger partial charge in [0.25, 0.3) is 0 Å². The Bertz CT molecular complexity index is 434. The van der Waals surface area contributed by atoms with Gasteiger partial charge in [0, 0.05) is 11.6 Å². The van der Waals surface area contributed by atoms with Gasteiger partial charge in [0.2, 0.25) is 0 Å². The zero-order valence-electron chi connectivity index (χ0n) is 10.6. The van der Waals surface area contributed by atoms with Gasteiger partial charge in [-0.1, -0.05) is 12.8 Å². The highest BCUT2D eigenvalue weighted by molar-refractivity contribution is 5.31. The van der Waals surface area contributed by atoms with Gasteiger partial charge in [-0.25, -0.2) is 4.39 Å². The van der Waals surface area contributed by atoms with E-state index in [-0.39, 0.29) is 11.7 Å². The number of rotatable bonds is 3. The van der Waals surface area contributed by atoms with Gasteiger partial charge in [0.15, 0.2) is 0 Å². The summed E-state index contributed by atoms with van der Waals surface area (Å²) in [7, 11) is 1.51. The zero-order chi connectivity index (χ0) is 12.7. The van der Waals surface area contributed by atoms with E-state index < -0.39 is 6.10 Å². The van der Waals surface area contributed by atoms with E-state index in [1.54, 1.807) is 12.1 Å². The highest BCUT2D eigenvalue weighted by atomic mass is 19.1. The van der Waals surface area contributed by atoms with Crippen LogP contribution in [0.25, 0.3) is 0 Å². The van der Waals surface area contributed by atoms with Crippen molar-refractivity contribution in [2.45, 2.75) is 31.8 Å². The smallest absolute Gasteiger partial charge is 0.132 e. The first-order valence-electron chi connectivity index (χ1n) is 6.74. The number of ether oxygens (including phenoxy) is 1. The van der Waals surface area contributed by atoms with Crippen LogP contribution in [-0.2, 0) is 0 Å². The van der Waals surface area contributed by atoms with Crippen LogP contribution in [0.3, 0.4) is 0 Å². The summed E-state index contributed by atoms with van der Waals surface area (Å²) in [5.41, 5.74) is 0.426. The number of hydrogen-bond donors (Lipinski definition) is 1. The van der Waals surface area contributed by atoms with Gasteiger partial charge in [0.1, 0.15) is 11.6 Å². The molecule has 1 aromatic rings. The number of aliphatic hydroxyl groups excluding tert-OH is 1. The average Bonchev–Trinajstić information content (AvgIpc) is 3.12. The minimum absolute atomic E-state index is 0.274. The van der Waals surface area contributed by atoms with E-state index in [1.165, 1.54) is 38.9 Å². The van der Waals surface area contributed by atoms with Gasteiger partial charge >= 0.3 is 0 Å². The maximum absolute atomic E-state index is 13.9. The van der Waals surface area contributed by atoms with E-state index in [1.807, 2.05) is 0 Å². The molecule has 18 heavy (non-hydrogen) atoms. The molecule has 0 heterocycles. The summed E-state index contributed by atoms with van der Waals surface area (Å²) in [6.07, 6.45) is 4.27. The van der Waals surface area contributed by atoms with E-state index >= 15 is 0 Å². The fourth-order valence-corrected chi connectivity index (χ4v) is 3.60. The van der Waals surface area contributed by atoms with Gasteiger partial charge in [-0.2, -0.15) is 0 Å². The van der Waals surface area contributed by atoms with Crippen LogP contribution in [0.4, 0.5) is 4.39 Å². The molecule has 1 aromatic carbocycles. The van der Waals surface area contributed by atoms with Gasteiger partial charge < -0.3 is 9.84 Å². The van der Waals surface area contributed by atoms with Crippen LogP contribution < -0.4 is 4.74 Å². The summed E-state index contributed by atoms with van der Waals surface area (Å²) in [5, 5.41) is 10.4. The zero-order valence-corrected chi connectivity index (χ0v) is 10.6. The molecule has 0 saturated heterocycles. The third-order valence-corrected chi connectivity index (χ3v) is 4.61. The largest absolute Gasteiger partial charge is 0.497 e. The van der Waals surface area contributed by atoms with Crippen LogP contribution in [0.15, 0.2) is 18.2 Å². The molecule has 3 heteroatoms. The molecule has 0 aliphatic heterocycles. The maximum Gasteiger partial charge on any atom is 0.132 e. The van der Waals surface area contributed by atoms with E-state index in [4.69, 9.17) is 4.74 Å². The van der Waals surface area contributed by atoms with Crippen molar-refractivity contribution in [2.75, 3.05) is 7.11 Å². The van der Waals surface area contributed by atoms with Crippen molar-refractivity contribution < 1.29 is 14.2 Å². The molecule has 0 spiro atoms. The molecular weight excluding hydrogens is 231 g/mol. The van der Waals surface area contributed by atoms with E-state index in [2.05, 4.69) is 0 Å². The van der Waals surface area contributed by atoms with Crippen molar-refractivity contribution in [1.29, 1.82) is 0 Å². The maximum atomic E-state index is 13.9. The third-order valence-electron chi connectivity index (χ3n) is 4.61. The second-order valence-corrected chi connectivity index (χ2v) is 5.52. The molecule has 98 valence electrons. The lowest BCUT2D eigenvalue weighted by Crippen LogP contribution is -2.05. The second kappa shape index (κ2) is 4.54. The van der Waals surface area contributed by atoms with Gasteiger partial charge in [-0.3, -0.25) is 0 Å². The lowest BCUT2D eigenvalue weighted by molar-refractivity contribution is 0.138. The Morgan fingerprint density at radius 1 is 1.28 bits per heavy atom. The lowest BCUT2D eigenvalue weighted by atomic mass is 10.0. The van der Waals surface area contributed by atoms with Gasteiger partial charge in [0.05, 0.1) is 13.2 Å². The summed E-state index contributed by atoms with van der Waals surface area (Å²) in [6, 6.07) is 4.72. The molecule has 2 nitrogen and oxygen atoms in total. The number of hydrogen-bond acceptors (Lipinski definition) is 2. The average molecular weight is 250 g/mol. The summed E-state index contributed by atoms with van der Waals surface area (Å²) in [6.45, 7) is 0. The van der Waals surface area contributed by atoms with E-state index in [9.17, 15) is 9.50 Å². The monoisotopic (exact) mass is 250 g/mol. The minimum atomic E-state index is -0.649. The number of halogens is 1. The lowest BCUT2D eigenvalue weighted by Gasteiger charge is -2.12. The number of methoxy groups -OCH3 is 1. The Morgan fingerprint density at radius 3 is 2.50 bits per heavy atom. The van der Waals surface area contributed by atoms with Crippen molar-refractivity contribution in [3.63, 3.8) is 0 Å². The van der Waals surface area contributed by atoms with Crippen molar-refractivity contribution in [1.82, 2.24) is 0 Å². The predicted molar refractivity (Wildman–Crippen MR) is 66.8 cm³/mol. The Hall–Kier alpha value is -1.09. The molecule has 3 rings (SSSR count). The summed E-state index contributed by atoms with van der Waals surface area (Å²) < 4.78 is 18.9. The first kappa shape index (κ1) is 12.0. The fourth-order valence-electron chi connectivity index (χ4n) is 3.60. The van der Waals surface area contributed by atoms with Crippen LogP contribution in [0.1, 0.15) is 37.4 Å². The van der Waals surface area contributed by atoms with Crippen LogP contribution in [0.2, 0.25) is 0 Å². The molecule has 0 radical (unpaired) electrons. The standard InChI is InChI=1S/C15H19FO2/c1-18-9-6-7-12(13(16)8-9)15(17)14-10-4-2-3-5-11(10)14/h6-8,10-11,14-15,17H,2-5H2,1H3. The third kappa shape index (κ3) is 1.91. The minimum Gasteiger partial charge on any atom is -0.497 e. The summed E-state index contributed by atoms with van der Waals surface area (Å²) >= 11 is 0. The molecule has 2 saturated carbocycles. The molecular formula is C15H19FO2. The molecule has 0 amide bonds. The van der Waals surface area contributed by atoms with E-state index in [0.29, 0.717) is 23.1 Å². The second-order valence-electron chi connectivity index (χ2n) is 5.52. The highest BCUT2D eigenvalue weighted by Crippen LogP contribution is 2.60. The Labute approximate surface area is 107 Å². The van der Waals surface area contributed by atoms with Crippen molar-refractivity contribution in [2.24, 2.45) is 17.8 Å². The van der Waals surface area contributed by atoms with Crippen molar-refractivity contribution >= 4 is 0 Å². The Morgan fingerprint density at radius 2 is 1.94 bits per heavy atom. The normalized spacial score (nSPS) is 31.6. The number of fused-ring (bicyclic) bond motifs is 1. The fraction of sp³-hybridized carbons (Fsp3) is 0.600. The van der Waals surface area contributed by atoms with Crippen molar-refractivity contribution in [3.8, 4) is 5.75 Å². The van der Waals surface area contributed by atoms with Gasteiger partial charge in [-0.05, 0) is 42.7 Å². The Kier molecular flexibility index (Phi) is 3.02. The number of aliphatic hydroxyl groups is 1. The molecule has 2 aliphatic carbocycles. The molecule has 0 aromatic heterocycles. The van der Waals surface area contributed by atoms with Gasteiger partial charge in [-0.15, -0.1) is 0 Å². The molecule has 3 atom stereocenters. The molecule has 2 aliphatic rings. The van der Waals surface area contributed by atoms with Crippen LogP contribution >= 0.6 is 0 Å². The first-order chi connectivity index (χ1) is 8.72. The highest BCUT2D eigenvalue weighted by Gasteiger charge is 2.54. The predicted octanol–water partition coefficient (Wildman–Crippen LogP) is 3.30. The van der Waals surface area contributed by atoms with Crippen LogP contribution in [0, 0.1) is 23.6 Å². The quantitative estimate of drug-likeness (QED) is 0.891. The van der Waals surface area contributed by atoms with Crippen LogP contribution in [-0.4, -0.2) is 12.2 Å². The SMILES string of the molecule is COc1ccc(C(O)C2C3CCCCC32)c(F)c1. The first-order valence-corrected chi connectivity index (χ1v) is 6.74. The molecule has 1 N–H and O–H groups in total. The van der Waals surface area contributed by atoms with E-state index in [0.717, 1.165) is 0 Å². The molecule has 2 fully saturated rings. The molecule has 0 bridgehead atoms. The Balaban J connectivity index is 1.78. The molecule has 3 unspecified atom stereocenters. The topological polar surface area (TPSA) is 29.5 Å². The van der Waals surface area contributed by atoms with Crippen molar-refractivity contribution in [3.05, 3.63) is 29.6 Å². The number of benzene rings is 1. The van der Waals surface area contributed by atoms with Crippen LogP contribution in [0.5, 0.6) is 5.75 Å².